The maximum absolute atomic E-state index is 11.5. The van der Waals surface area contributed by atoms with Crippen molar-refractivity contribution in [2.75, 3.05) is 20.7 Å². The molecule has 132 valence electrons. The van der Waals surface area contributed by atoms with Crippen molar-refractivity contribution in [3.05, 3.63) is 29.8 Å². The first-order valence-electron chi connectivity index (χ1n) is 8.19. The highest BCUT2D eigenvalue weighted by molar-refractivity contribution is 5.81. The van der Waals surface area contributed by atoms with Crippen molar-refractivity contribution in [1.29, 1.82) is 0 Å². The third kappa shape index (κ3) is 4.40. The third-order valence-corrected chi connectivity index (χ3v) is 4.09. The van der Waals surface area contributed by atoms with Gasteiger partial charge in [-0.1, -0.05) is 25.1 Å². The SMILES string of the molecule is CN=C(NCC(C)C(=O)OC)NC1CC(C)(C)Oc2ccccc21. The third-order valence-electron chi connectivity index (χ3n) is 4.09. The molecule has 0 aliphatic carbocycles. The summed E-state index contributed by atoms with van der Waals surface area (Å²) in [7, 11) is 3.11. The van der Waals surface area contributed by atoms with Gasteiger partial charge < -0.3 is 20.1 Å². The summed E-state index contributed by atoms with van der Waals surface area (Å²) in [6.07, 6.45) is 0.817. The van der Waals surface area contributed by atoms with Crippen LogP contribution in [0.2, 0.25) is 0 Å². The molecule has 2 rings (SSSR count). The zero-order valence-electron chi connectivity index (χ0n) is 15.1. The fourth-order valence-electron chi connectivity index (χ4n) is 2.82. The summed E-state index contributed by atoms with van der Waals surface area (Å²) in [5.74, 6) is 1.07. The topological polar surface area (TPSA) is 72.0 Å². The van der Waals surface area contributed by atoms with Crippen LogP contribution in [0.15, 0.2) is 29.3 Å². The Bertz CT molecular complexity index is 613. The number of methoxy groups -OCH3 is 1. The van der Waals surface area contributed by atoms with Gasteiger partial charge in [0.25, 0.3) is 0 Å². The van der Waals surface area contributed by atoms with Gasteiger partial charge in [0.2, 0.25) is 0 Å². The summed E-state index contributed by atoms with van der Waals surface area (Å²) in [4.78, 5) is 15.8. The molecule has 6 nitrogen and oxygen atoms in total. The minimum atomic E-state index is -0.260. The highest BCUT2D eigenvalue weighted by Gasteiger charge is 2.34. The second-order valence-corrected chi connectivity index (χ2v) is 6.68. The molecule has 1 aromatic rings. The summed E-state index contributed by atoms with van der Waals surface area (Å²) >= 11 is 0. The van der Waals surface area contributed by atoms with E-state index in [2.05, 4.69) is 35.5 Å². The number of nitrogens with one attached hydrogen (secondary N) is 2. The quantitative estimate of drug-likeness (QED) is 0.502. The number of para-hydroxylation sites is 1. The predicted octanol–water partition coefficient (Wildman–Crippen LogP) is 2.26. The van der Waals surface area contributed by atoms with E-state index in [-0.39, 0.29) is 23.5 Å². The van der Waals surface area contributed by atoms with Crippen LogP contribution in [0.4, 0.5) is 0 Å². The first-order chi connectivity index (χ1) is 11.4. The van der Waals surface area contributed by atoms with Crippen molar-refractivity contribution in [3.63, 3.8) is 0 Å². The van der Waals surface area contributed by atoms with E-state index in [0.717, 1.165) is 17.7 Å². The maximum Gasteiger partial charge on any atom is 0.310 e. The Kier molecular flexibility index (Phi) is 5.70. The van der Waals surface area contributed by atoms with Gasteiger partial charge >= 0.3 is 5.97 Å². The van der Waals surface area contributed by atoms with Crippen LogP contribution in [0.5, 0.6) is 5.75 Å². The van der Waals surface area contributed by atoms with Crippen LogP contribution in [0, 0.1) is 5.92 Å². The molecular formula is C18H27N3O3. The molecule has 2 atom stereocenters. The Morgan fingerprint density at radius 3 is 2.83 bits per heavy atom. The zero-order chi connectivity index (χ0) is 17.7. The summed E-state index contributed by atoms with van der Waals surface area (Å²) in [6.45, 7) is 6.43. The molecule has 6 heteroatoms. The van der Waals surface area contributed by atoms with Gasteiger partial charge in [0.1, 0.15) is 11.4 Å². The van der Waals surface area contributed by atoms with Gasteiger partial charge in [-0.25, -0.2) is 0 Å². The normalized spacial score (nSPS) is 20.4. The molecule has 0 spiro atoms. The standard InChI is InChI=1S/C18H27N3O3/c1-12(16(22)23-5)11-20-17(19-4)21-14-10-18(2,3)24-15-9-7-6-8-13(14)15/h6-9,12,14H,10-11H2,1-5H3,(H2,19,20,21). The van der Waals surface area contributed by atoms with Gasteiger partial charge in [-0.2, -0.15) is 0 Å². The van der Waals surface area contributed by atoms with Crippen LogP contribution in [0.3, 0.4) is 0 Å². The molecule has 0 fully saturated rings. The number of rotatable bonds is 4. The van der Waals surface area contributed by atoms with Crippen LogP contribution in [0.1, 0.15) is 38.8 Å². The second kappa shape index (κ2) is 7.55. The highest BCUT2D eigenvalue weighted by atomic mass is 16.5. The number of nitrogens with zero attached hydrogens (tertiary/aromatic N) is 1. The molecule has 0 saturated heterocycles. The fraction of sp³-hybridized carbons (Fsp3) is 0.556. The van der Waals surface area contributed by atoms with Crippen LogP contribution in [-0.2, 0) is 9.53 Å². The smallest absolute Gasteiger partial charge is 0.310 e. The number of carbonyl (C=O) groups is 1. The van der Waals surface area contributed by atoms with Crippen molar-refractivity contribution in [3.8, 4) is 5.75 Å². The van der Waals surface area contributed by atoms with E-state index in [1.165, 1.54) is 7.11 Å². The molecule has 24 heavy (non-hydrogen) atoms. The van der Waals surface area contributed by atoms with E-state index in [0.29, 0.717) is 12.5 Å². The van der Waals surface area contributed by atoms with Crippen molar-refractivity contribution in [2.45, 2.75) is 38.8 Å². The highest BCUT2D eigenvalue weighted by Crippen LogP contribution is 2.39. The van der Waals surface area contributed by atoms with Gasteiger partial charge in [0, 0.05) is 25.6 Å². The number of aliphatic imine (C=N–C) groups is 1. The number of carbonyl (C=O) groups excluding carboxylic acids is 1. The Morgan fingerprint density at radius 1 is 1.46 bits per heavy atom. The molecule has 0 amide bonds. The molecule has 1 aliphatic rings. The van der Waals surface area contributed by atoms with Crippen LogP contribution < -0.4 is 15.4 Å². The van der Waals surface area contributed by atoms with E-state index in [1.807, 2.05) is 25.1 Å². The lowest BCUT2D eigenvalue weighted by Crippen LogP contribution is -2.46. The van der Waals surface area contributed by atoms with Crippen molar-refractivity contribution < 1.29 is 14.3 Å². The molecule has 0 aromatic heterocycles. The second-order valence-electron chi connectivity index (χ2n) is 6.68. The van der Waals surface area contributed by atoms with Gasteiger partial charge in [-0.3, -0.25) is 9.79 Å². The van der Waals surface area contributed by atoms with E-state index in [4.69, 9.17) is 9.47 Å². The van der Waals surface area contributed by atoms with Gasteiger partial charge in [-0.15, -0.1) is 0 Å². The molecule has 1 heterocycles. The Balaban J connectivity index is 2.07. The molecule has 0 saturated carbocycles. The van der Waals surface area contributed by atoms with E-state index in [9.17, 15) is 4.79 Å². The number of guanidine groups is 1. The summed E-state index contributed by atoms with van der Waals surface area (Å²) in [5.41, 5.74) is 0.852. The lowest BCUT2D eigenvalue weighted by Gasteiger charge is -2.38. The van der Waals surface area contributed by atoms with Crippen molar-refractivity contribution in [1.82, 2.24) is 10.6 Å². The number of hydrogen-bond donors (Lipinski definition) is 2. The first-order valence-corrected chi connectivity index (χ1v) is 8.19. The molecule has 2 N–H and O–H groups in total. The Hall–Kier alpha value is -2.24. The van der Waals surface area contributed by atoms with E-state index in [1.54, 1.807) is 7.05 Å². The number of ether oxygens (including phenoxy) is 2. The van der Waals surface area contributed by atoms with E-state index >= 15 is 0 Å². The number of benzene rings is 1. The van der Waals surface area contributed by atoms with E-state index < -0.39 is 0 Å². The summed E-state index contributed by atoms with van der Waals surface area (Å²) in [5, 5.41) is 6.62. The van der Waals surface area contributed by atoms with Crippen molar-refractivity contribution >= 4 is 11.9 Å². The Labute approximate surface area is 143 Å². The predicted molar refractivity (Wildman–Crippen MR) is 94.2 cm³/mol. The monoisotopic (exact) mass is 333 g/mol. The molecule has 0 bridgehead atoms. The molecule has 1 aromatic carbocycles. The lowest BCUT2D eigenvalue weighted by molar-refractivity contribution is -0.144. The van der Waals surface area contributed by atoms with Crippen LogP contribution >= 0.6 is 0 Å². The number of fused-ring (bicyclic) bond motifs is 1. The largest absolute Gasteiger partial charge is 0.487 e. The fourth-order valence-corrected chi connectivity index (χ4v) is 2.82. The number of esters is 1. The molecule has 1 aliphatic heterocycles. The van der Waals surface area contributed by atoms with Crippen LogP contribution in [0.25, 0.3) is 0 Å². The maximum atomic E-state index is 11.5. The molecular weight excluding hydrogens is 306 g/mol. The summed E-state index contributed by atoms with van der Waals surface area (Å²) in [6, 6.07) is 8.12. The van der Waals surface area contributed by atoms with Gasteiger partial charge in [0.05, 0.1) is 19.1 Å². The van der Waals surface area contributed by atoms with Crippen LogP contribution in [-0.4, -0.2) is 38.2 Å². The average Bonchev–Trinajstić information content (AvgIpc) is 2.56. The van der Waals surface area contributed by atoms with Gasteiger partial charge in [-0.05, 0) is 19.9 Å². The minimum absolute atomic E-state index is 0.0876. The number of hydrogen-bond acceptors (Lipinski definition) is 4. The first kappa shape index (κ1) is 18.1. The summed E-state index contributed by atoms with van der Waals surface area (Å²) < 4.78 is 10.8. The Morgan fingerprint density at radius 2 is 2.17 bits per heavy atom. The molecule has 0 radical (unpaired) electrons. The molecule has 2 unspecified atom stereocenters. The lowest BCUT2D eigenvalue weighted by atomic mass is 9.90. The van der Waals surface area contributed by atoms with Gasteiger partial charge in [0.15, 0.2) is 5.96 Å². The zero-order valence-corrected chi connectivity index (χ0v) is 15.1. The average molecular weight is 333 g/mol. The minimum Gasteiger partial charge on any atom is -0.487 e. The van der Waals surface area contributed by atoms with Crippen molar-refractivity contribution in [2.24, 2.45) is 10.9 Å².